The highest BCUT2D eigenvalue weighted by atomic mass is 28.4. The van der Waals surface area contributed by atoms with Crippen molar-refractivity contribution in [2.45, 2.75) is 77.6 Å². The van der Waals surface area contributed by atoms with Crippen LogP contribution in [0.25, 0.3) is 0 Å². The quantitative estimate of drug-likeness (QED) is 0.461. The van der Waals surface area contributed by atoms with Crippen molar-refractivity contribution in [1.29, 1.82) is 0 Å². The van der Waals surface area contributed by atoms with Crippen molar-refractivity contribution in [2.24, 2.45) is 0 Å². The molecule has 0 saturated heterocycles. The Bertz CT molecular complexity index is 603. The van der Waals surface area contributed by atoms with Gasteiger partial charge in [-0.05, 0) is 69.8 Å². The lowest BCUT2D eigenvalue weighted by molar-refractivity contribution is 0.0528. The monoisotopic (exact) mass is 395 g/mol. The summed E-state index contributed by atoms with van der Waals surface area (Å²) < 4.78 is 11.2. The van der Waals surface area contributed by atoms with Crippen LogP contribution in [0.5, 0.6) is 5.75 Å². The molecule has 2 N–H and O–H groups in total. The number of hydrogen-bond acceptors (Lipinski definition) is 4. The van der Waals surface area contributed by atoms with E-state index in [1.165, 1.54) is 0 Å². The number of benzene rings is 1. The third kappa shape index (κ3) is 8.80. The Kier molecular flexibility index (Phi) is 8.36. The highest BCUT2D eigenvalue weighted by molar-refractivity contribution is 6.72. The van der Waals surface area contributed by atoms with Gasteiger partial charge in [-0.2, -0.15) is 0 Å². The van der Waals surface area contributed by atoms with E-state index in [4.69, 9.17) is 9.47 Å². The largest absolute Gasteiger partial charge is 0.493 e. The van der Waals surface area contributed by atoms with Crippen molar-refractivity contribution in [1.82, 2.24) is 5.32 Å². The molecule has 0 saturated carbocycles. The molecule has 27 heavy (non-hydrogen) atoms. The second kappa shape index (κ2) is 9.60. The van der Waals surface area contributed by atoms with Crippen molar-refractivity contribution in [3.05, 3.63) is 29.8 Å². The fraction of sp³-hybridized carbons (Fsp3) is 0.667. The van der Waals surface area contributed by atoms with E-state index >= 15 is 0 Å². The number of carbonyl (C=O) groups is 1. The Morgan fingerprint density at radius 3 is 2.37 bits per heavy atom. The molecule has 0 aromatic heterocycles. The van der Waals surface area contributed by atoms with Gasteiger partial charge in [-0.3, -0.25) is 0 Å². The molecule has 1 rings (SSSR count). The van der Waals surface area contributed by atoms with Gasteiger partial charge in [0.2, 0.25) is 0 Å². The molecule has 5 nitrogen and oxygen atoms in total. The Labute approximate surface area is 165 Å². The molecule has 1 aromatic carbocycles. The number of rotatable bonds is 9. The summed E-state index contributed by atoms with van der Waals surface area (Å²) in [6, 6.07) is 7.89. The minimum absolute atomic E-state index is 0.0345. The summed E-state index contributed by atoms with van der Waals surface area (Å²) in [5.41, 5.74) is 0.565. The fourth-order valence-electron chi connectivity index (χ4n) is 2.47. The molecule has 0 unspecified atom stereocenters. The summed E-state index contributed by atoms with van der Waals surface area (Å²) in [6.07, 6.45) is 2.11. The first kappa shape index (κ1) is 23.5. The number of para-hydroxylation sites is 1. The van der Waals surface area contributed by atoms with Gasteiger partial charge in [-0.15, -0.1) is 0 Å². The van der Waals surface area contributed by atoms with Gasteiger partial charge < -0.3 is 19.6 Å². The Hall–Kier alpha value is -1.53. The topological polar surface area (TPSA) is 67.8 Å². The summed E-state index contributed by atoms with van der Waals surface area (Å²) in [5.74, 6) is 0.849. The lowest BCUT2D eigenvalue weighted by Gasteiger charge is -2.35. The van der Waals surface area contributed by atoms with Gasteiger partial charge in [-0.1, -0.05) is 32.0 Å². The first-order valence-corrected chi connectivity index (χ1v) is 12.7. The zero-order chi connectivity index (χ0) is 20.7. The van der Waals surface area contributed by atoms with E-state index in [1.54, 1.807) is 0 Å². The summed E-state index contributed by atoms with van der Waals surface area (Å²) >= 11 is 0. The summed E-state index contributed by atoms with van der Waals surface area (Å²) in [7, 11) is -2.18. The van der Waals surface area contributed by atoms with Crippen LogP contribution in [0.2, 0.25) is 18.1 Å². The molecular weight excluding hydrogens is 358 g/mol. The zero-order valence-electron chi connectivity index (χ0n) is 18.0. The average Bonchev–Trinajstić information content (AvgIpc) is 2.50. The van der Waals surface area contributed by atoms with Crippen LogP contribution in [0, 0.1) is 0 Å². The van der Waals surface area contributed by atoms with Crippen LogP contribution in [0.4, 0.5) is 4.79 Å². The van der Waals surface area contributed by atoms with Gasteiger partial charge in [0.25, 0.3) is 0 Å². The standard InChI is InChI=1S/C21H37NO4Si/c1-20(2,3)26-19(23)22-15-13-17-11-8-9-12-18(17)25-16-10-14-21(4,5)27(6,7)24/h8-9,11-12,24H,10,13-16H2,1-7H3,(H,22,23). The van der Waals surface area contributed by atoms with Crippen LogP contribution in [-0.4, -0.2) is 38.0 Å². The third-order valence-corrected chi connectivity index (χ3v) is 8.46. The van der Waals surface area contributed by atoms with Crippen molar-refractivity contribution in [3.8, 4) is 5.75 Å². The first-order valence-electron chi connectivity index (χ1n) is 9.72. The van der Waals surface area contributed by atoms with E-state index in [-0.39, 0.29) is 5.04 Å². The summed E-state index contributed by atoms with van der Waals surface area (Å²) in [6.45, 7) is 14.9. The van der Waals surface area contributed by atoms with E-state index in [0.29, 0.717) is 19.6 Å². The lowest BCUT2D eigenvalue weighted by atomic mass is 10.1. The van der Waals surface area contributed by atoms with Crippen LogP contribution >= 0.6 is 0 Å². The molecular formula is C21H37NO4Si. The molecule has 1 aromatic rings. The SMILES string of the molecule is CC(C)(C)OC(=O)NCCc1ccccc1OCCCC(C)(C)[Si](C)(C)O. The van der Waals surface area contributed by atoms with E-state index in [2.05, 4.69) is 19.2 Å². The molecule has 0 aliphatic carbocycles. The highest BCUT2D eigenvalue weighted by Gasteiger charge is 2.37. The van der Waals surface area contributed by atoms with E-state index in [1.807, 2.05) is 58.1 Å². The Morgan fingerprint density at radius 1 is 1.15 bits per heavy atom. The lowest BCUT2D eigenvalue weighted by Crippen LogP contribution is -2.39. The average molecular weight is 396 g/mol. The molecule has 0 heterocycles. The molecule has 154 valence electrons. The fourth-order valence-corrected chi connectivity index (χ4v) is 3.26. The van der Waals surface area contributed by atoms with Crippen LogP contribution in [0.1, 0.15) is 53.0 Å². The maximum atomic E-state index is 11.7. The molecule has 0 aliphatic rings. The van der Waals surface area contributed by atoms with Crippen LogP contribution in [-0.2, 0) is 11.2 Å². The van der Waals surface area contributed by atoms with Gasteiger partial charge >= 0.3 is 6.09 Å². The second-order valence-corrected chi connectivity index (χ2v) is 13.7. The summed E-state index contributed by atoms with van der Waals surface area (Å²) in [4.78, 5) is 22.1. The smallest absolute Gasteiger partial charge is 0.407 e. The zero-order valence-corrected chi connectivity index (χ0v) is 19.0. The maximum absolute atomic E-state index is 11.7. The van der Waals surface area contributed by atoms with E-state index in [9.17, 15) is 9.59 Å². The van der Waals surface area contributed by atoms with Crippen molar-refractivity contribution >= 4 is 14.4 Å². The van der Waals surface area contributed by atoms with Gasteiger partial charge in [-0.25, -0.2) is 4.79 Å². The molecule has 0 atom stereocenters. The molecule has 0 bridgehead atoms. The molecule has 0 radical (unpaired) electrons. The van der Waals surface area contributed by atoms with Crippen LogP contribution in [0.3, 0.4) is 0 Å². The number of ether oxygens (including phenoxy) is 2. The molecule has 0 spiro atoms. The van der Waals surface area contributed by atoms with Crippen LogP contribution < -0.4 is 10.1 Å². The first-order chi connectivity index (χ1) is 12.3. The minimum Gasteiger partial charge on any atom is -0.493 e. The van der Waals surface area contributed by atoms with Crippen LogP contribution in [0.15, 0.2) is 24.3 Å². The van der Waals surface area contributed by atoms with Crippen molar-refractivity contribution in [2.75, 3.05) is 13.2 Å². The predicted octanol–water partition coefficient (Wildman–Crippen LogP) is 4.89. The Morgan fingerprint density at radius 2 is 1.78 bits per heavy atom. The molecule has 0 fully saturated rings. The van der Waals surface area contributed by atoms with E-state index < -0.39 is 20.0 Å². The van der Waals surface area contributed by atoms with Crippen molar-refractivity contribution < 1.29 is 19.1 Å². The second-order valence-electron chi connectivity index (χ2n) is 9.18. The predicted molar refractivity (Wildman–Crippen MR) is 113 cm³/mol. The Balaban J connectivity index is 2.47. The molecule has 0 aliphatic heterocycles. The number of carbonyl (C=O) groups excluding carboxylic acids is 1. The third-order valence-electron chi connectivity index (χ3n) is 4.90. The number of amides is 1. The summed E-state index contributed by atoms with van der Waals surface area (Å²) in [5, 5.41) is 2.74. The number of alkyl carbamates (subject to hydrolysis) is 1. The molecule has 1 amide bonds. The molecule has 6 heteroatoms. The number of nitrogens with one attached hydrogen (secondary N) is 1. The van der Waals surface area contributed by atoms with E-state index in [0.717, 1.165) is 24.2 Å². The van der Waals surface area contributed by atoms with Gasteiger partial charge in [0, 0.05) is 6.54 Å². The van der Waals surface area contributed by atoms with Gasteiger partial charge in [0.1, 0.15) is 11.4 Å². The maximum Gasteiger partial charge on any atom is 0.407 e. The van der Waals surface area contributed by atoms with Gasteiger partial charge in [0.15, 0.2) is 8.32 Å². The highest BCUT2D eigenvalue weighted by Crippen LogP contribution is 2.39. The van der Waals surface area contributed by atoms with Gasteiger partial charge in [0.05, 0.1) is 6.61 Å². The number of hydrogen-bond donors (Lipinski definition) is 2. The minimum atomic E-state index is -2.18. The normalized spacial score (nSPS) is 12.6. The van der Waals surface area contributed by atoms with Crippen molar-refractivity contribution in [3.63, 3.8) is 0 Å².